The van der Waals surface area contributed by atoms with Crippen molar-refractivity contribution in [1.82, 2.24) is 0 Å². The van der Waals surface area contributed by atoms with E-state index in [1.165, 1.54) is 11.1 Å². The van der Waals surface area contributed by atoms with Crippen LogP contribution in [-0.4, -0.2) is 20.3 Å². The third kappa shape index (κ3) is 3.18. The van der Waals surface area contributed by atoms with E-state index in [9.17, 15) is 0 Å². The zero-order valence-electron chi connectivity index (χ0n) is 11.7. The van der Waals surface area contributed by atoms with Gasteiger partial charge in [0.25, 0.3) is 0 Å². The number of benzene rings is 1. The van der Waals surface area contributed by atoms with E-state index in [2.05, 4.69) is 35.8 Å². The first kappa shape index (κ1) is 15.3. The van der Waals surface area contributed by atoms with Gasteiger partial charge in [-0.05, 0) is 46.8 Å². The van der Waals surface area contributed by atoms with Crippen LogP contribution < -0.4 is 15.2 Å². The molecule has 0 heterocycles. The predicted molar refractivity (Wildman–Crippen MR) is 78.7 cm³/mol. The van der Waals surface area contributed by atoms with E-state index in [4.69, 9.17) is 15.2 Å². The Morgan fingerprint density at radius 2 is 1.72 bits per heavy atom. The van der Waals surface area contributed by atoms with Gasteiger partial charge < -0.3 is 15.2 Å². The Labute approximate surface area is 118 Å². The Morgan fingerprint density at radius 3 is 2.11 bits per heavy atom. The molecule has 0 saturated heterocycles. The van der Waals surface area contributed by atoms with E-state index >= 15 is 0 Å². The fourth-order valence-electron chi connectivity index (χ4n) is 2.21. The molecule has 0 bridgehead atoms. The molecular formula is C14H22BrNO2. The Kier molecular flexibility index (Phi) is 5.47. The van der Waals surface area contributed by atoms with Crippen LogP contribution in [0.1, 0.15) is 37.8 Å². The second-order valence-corrected chi connectivity index (χ2v) is 5.69. The molecule has 0 radical (unpaired) electrons. The predicted octanol–water partition coefficient (Wildman–Crippen LogP) is 3.48. The summed E-state index contributed by atoms with van der Waals surface area (Å²) in [5.41, 5.74) is 8.31. The molecule has 0 aliphatic heterocycles. The van der Waals surface area contributed by atoms with Crippen molar-refractivity contribution in [3.05, 3.63) is 21.7 Å². The molecular weight excluding hydrogens is 294 g/mol. The van der Waals surface area contributed by atoms with Crippen molar-refractivity contribution in [2.45, 2.75) is 39.2 Å². The number of hydrogen-bond donors (Lipinski definition) is 1. The molecule has 0 aliphatic carbocycles. The fourth-order valence-corrected chi connectivity index (χ4v) is 2.83. The number of methoxy groups -OCH3 is 2. The van der Waals surface area contributed by atoms with Gasteiger partial charge >= 0.3 is 0 Å². The van der Waals surface area contributed by atoms with Crippen LogP contribution >= 0.6 is 15.9 Å². The van der Waals surface area contributed by atoms with Gasteiger partial charge in [-0.25, -0.2) is 0 Å². The van der Waals surface area contributed by atoms with Crippen molar-refractivity contribution >= 4 is 15.9 Å². The molecule has 0 fully saturated rings. The van der Waals surface area contributed by atoms with Crippen molar-refractivity contribution in [2.24, 2.45) is 5.73 Å². The van der Waals surface area contributed by atoms with Gasteiger partial charge in [0.1, 0.15) is 0 Å². The first-order valence-corrected chi connectivity index (χ1v) is 6.90. The smallest absolute Gasteiger partial charge is 0.175 e. The minimum Gasteiger partial charge on any atom is -0.493 e. The van der Waals surface area contributed by atoms with Crippen LogP contribution in [0.3, 0.4) is 0 Å². The van der Waals surface area contributed by atoms with Crippen LogP contribution in [0.2, 0.25) is 0 Å². The summed E-state index contributed by atoms with van der Waals surface area (Å²) < 4.78 is 11.9. The van der Waals surface area contributed by atoms with Gasteiger partial charge in [0, 0.05) is 11.6 Å². The number of rotatable bonds is 5. The first-order valence-electron chi connectivity index (χ1n) is 6.11. The number of hydrogen-bond acceptors (Lipinski definition) is 3. The maximum Gasteiger partial charge on any atom is 0.175 e. The second-order valence-electron chi connectivity index (χ2n) is 4.83. The minimum atomic E-state index is 0.118. The van der Waals surface area contributed by atoms with E-state index in [1.54, 1.807) is 14.2 Å². The minimum absolute atomic E-state index is 0.118. The van der Waals surface area contributed by atoms with Gasteiger partial charge in [0.15, 0.2) is 11.5 Å². The van der Waals surface area contributed by atoms with E-state index in [0.29, 0.717) is 5.92 Å². The lowest BCUT2D eigenvalue weighted by molar-refractivity contribution is 0.348. The topological polar surface area (TPSA) is 44.5 Å². The first-order chi connectivity index (χ1) is 8.42. The normalized spacial score (nSPS) is 12.7. The summed E-state index contributed by atoms with van der Waals surface area (Å²) in [6.07, 6.45) is 0.826. The molecule has 0 aliphatic rings. The molecule has 1 rings (SSSR count). The van der Waals surface area contributed by atoms with E-state index in [1.807, 2.05) is 6.92 Å². The van der Waals surface area contributed by atoms with Crippen LogP contribution in [0.4, 0.5) is 0 Å². The molecule has 1 aromatic rings. The van der Waals surface area contributed by atoms with Crippen molar-refractivity contribution < 1.29 is 9.47 Å². The van der Waals surface area contributed by atoms with E-state index in [-0.39, 0.29) is 6.04 Å². The summed E-state index contributed by atoms with van der Waals surface area (Å²) in [6.45, 7) is 6.31. The van der Waals surface area contributed by atoms with Crippen LogP contribution in [0.25, 0.3) is 0 Å². The van der Waals surface area contributed by atoms with Crippen molar-refractivity contribution in [2.75, 3.05) is 14.2 Å². The summed E-state index contributed by atoms with van der Waals surface area (Å²) in [5.74, 6) is 1.91. The molecule has 2 N–H and O–H groups in total. The lowest BCUT2D eigenvalue weighted by atomic mass is 9.92. The standard InChI is InChI=1S/C14H22BrNO2/c1-8(2)12-10(6-9(3)16)7-11(15)13(17-4)14(12)18-5/h7-9H,6,16H2,1-5H3. The molecule has 3 nitrogen and oxygen atoms in total. The molecule has 0 spiro atoms. The van der Waals surface area contributed by atoms with Gasteiger partial charge in [0.05, 0.1) is 18.7 Å². The molecule has 1 aromatic carbocycles. The summed E-state index contributed by atoms with van der Waals surface area (Å²) >= 11 is 3.53. The zero-order chi connectivity index (χ0) is 13.9. The Hall–Kier alpha value is -0.740. The van der Waals surface area contributed by atoms with Crippen molar-refractivity contribution in [3.63, 3.8) is 0 Å². The van der Waals surface area contributed by atoms with Gasteiger partial charge in [0.2, 0.25) is 0 Å². The lowest BCUT2D eigenvalue weighted by Crippen LogP contribution is -2.19. The van der Waals surface area contributed by atoms with Crippen LogP contribution in [0.5, 0.6) is 11.5 Å². The molecule has 1 atom stereocenters. The third-order valence-electron chi connectivity index (χ3n) is 2.84. The molecule has 1 unspecified atom stereocenters. The summed E-state index contributed by atoms with van der Waals surface area (Å²) in [4.78, 5) is 0. The average Bonchev–Trinajstić information content (AvgIpc) is 2.26. The van der Waals surface area contributed by atoms with Gasteiger partial charge in [-0.1, -0.05) is 13.8 Å². The summed E-state index contributed by atoms with van der Waals surface area (Å²) in [6, 6.07) is 2.20. The molecule has 0 amide bonds. The second kappa shape index (κ2) is 6.43. The molecule has 102 valence electrons. The average molecular weight is 316 g/mol. The number of nitrogens with two attached hydrogens (primary N) is 1. The van der Waals surface area contributed by atoms with Gasteiger partial charge in [-0.2, -0.15) is 0 Å². The van der Waals surface area contributed by atoms with E-state index < -0.39 is 0 Å². The number of halogens is 1. The maximum absolute atomic E-state index is 5.92. The Balaban J connectivity index is 3.47. The van der Waals surface area contributed by atoms with Gasteiger partial charge in [-0.15, -0.1) is 0 Å². The molecule has 0 aromatic heterocycles. The van der Waals surface area contributed by atoms with Crippen LogP contribution in [0.15, 0.2) is 10.5 Å². The fraction of sp³-hybridized carbons (Fsp3) is 0.571. The Morgan fingerprint density at radius 1 is 1.17 bits per heavy atom. The van der Waals surface area contributed by atoms with Crippen LogP contribution in [0, 0.1) is 0 Å². The van der Waals surface area contributed by atoms with Crippen molar-refractivity contribution in [3.8, 4) is 11.5 Å². The SMILES string of the molecule is COc1c(Br)cc(CC(C)N)c(C(C)C)c1OC. The van der Waals surface area contributed by atoms with E-state index in [0.717, 1.165) is 22.4 Å². The van der Waals surface area contributed by atoms with Crippen molar-refractivity contribution in [1.29, 1.82) is 0 Å². The van der Waals surface area contributed by atoms with Gasteiger partial charge in [-0.3, -0.25) is 0 Å². The lowest BCUT2D eigenvalue weighted by Gasteiger charge is -2.21. The van der Waals surface area contributed by atoms with Crippen LogP contribution in [-0.2, 0) is 6.42 Å². The highest BCUT2D eigenvalue weighted by atomic mass is 79.9. The monoisotopic (exact) mass is 315 g/mol. The molecule has 4 heteroatoms. The summed E-state index contributed by atoms with van der Waals surface area (Å²) in [7, 11) is 3.32. The third-order valence-corrected chi connectivity index (χ3v) is 3.43. The summed E-state index contributed by atoms with van der Waals surface area (Å²) in [5, 5.41) is 0. The maximum atomic E-state index is 5.92. The highest BCUT2D eigenvalue weighted by Crippen LogP contribution is 2.43. The quantitative estimate of drug-likeness (QED) is 0.904. The Bertz CT molecular complexity index is 417. The highest BCUT2D eigenvalue weighted by Gasteiger charge is 2.21. The largest absolute Gasteiger partial charge is 0.493 e. The molecule has 18 heavy (non-hydrogen) atoms. The highest BCUT2D eigenvalue weighted by molar-refractivity contribution is 9.10. The number of ether oxygens (including phenoxy) is 2. The zero-order valence-corrected chi connectivity index (χ0v) is 13.3. The molecule has 0 saturated carbocycles.